The van der Waals surface area contributed by atoms with Crippen molar-refractivity contribution in [3.63, 3.8) is 0 Å². The third kappa shape index (κ3) is 7.88. The van der Waals surface area contributed by atoms with Gasteiger partial charge in [0.2, 0.25) is 0 Å². The van der Waals surface area contributed by atoms with Gasteiger partial charge in [-0.1, -0.05) is 96.1 Å². The van der Waals surface area contributed by atoms with Gasteiger partial charge in [0.25, 0.3) is 0 Å². The van der Waals surface area contributed by atoms with E-state index in [1.807, 2.05) is 19.1 Å². The molecule has 0 fully saturated rings. The van der Waals surface area contributed by atoms with Gasteiger partial charge >= 0.3 is 111 Å². The Kier molecular flexibility index (Phi) is 12.1. The van der Waals surface area contributed by atoms with E-state index in [0.29, 0.717) is 15.0 Å². The summed E-state index contributed by atoms with van der Waals surface area (Å²) < 4.78 is 7.34. The molecule has 3 heterocycles. The fraction of sp³-hybridized carbons (Fsp3) is 0.0943. The van der Waals surface area contributed by atoms with Crippen LogP contribution in [0.5, 0.6) is 0 Å². The number of hydrogen-bond acceptors (Lipinski definition) is 1. The molecule has 6 aromatic carbocycles. The molecule has 1 aliphatic heterocycles. The van der Waals surface area contributed by atoms with E-state index in [-0.39, 0.29) is 0 Å². The van der Waals surface area contributed by atoms with Gasteiger partial charge in [0.05, 0.1) is 22.1 Å². The van der Waals surface area contributed by atoms with Crippen LogP contribution in [0, 0.1) is 13.8 Å². The average Bonchev–Trinajstić information content (AvgIpc) is 3.75. The first-order valence-electron chi connectivity index (χ1n) is 19.4. The molecule has 0 atom stereocenters. The molecule has 8 aromatic rings. The number of fused-ring (bicyclic) bond motifs is 6. The molecule has 0 aliphatic carbocycles. The largest absolute Gasteiger partial charge is 0.309 e. The molecule has 57 heavy (non-hydrogen) atoms. The Bertz CT molecular complexity index is 2690. The van der Waals surface area contributed by atoms with Gasteiger partial charge in [-0.05, 0) is 74.5 Å². The maximum atomic E-state index is 3.92. The smallest absolute Gasteiger partial charge is 0.0541 e. The van der Waals surface area contributed by atoms with E-state index in [2.05, 4.69) is 225 Å². The van der Waals surface area contributed by atoms with Crippen molar-refractivity contribution in [1.29, 1.82) is 0 Å². The summed E-state index contributed by atoms with van der Waals surface area (Å²) in [5.74, 6) is 0. The van der Waals surface area contributed by atoms with E-state index in [9.17, 15) is 0 Å². The van der Waals surface area contributed by atoms with Crippen LogP contribution in [-0.2, 0) is 0 Å². The number of aromatic nitrogens is 2. The van der Waals surface area contributed by atoms with Gasteiger partial charge in [0, 0.05) is 32.9 Å². The first-order chi connectivity index (χ1) is 27.9. The molecule has 282 valence electrons. The summed E-state index contributed by atoms with van der Waals surface area (Å²) in [7, 11) is 2.10. The fourth-order valence-corrected chi connectivity index (χ4v) is 10.0. The number of benzene rings is 6. The summed E-state index contributed by atoms with van der Waals surface area (Å²) in [5, 5.41) is 5.28. The van der Waals surface area contributed by atoms with Crippen LogP contribution in [0.3, 0.4) is 0 Å². The molecular weight excluding hydrogens is 758 g/mol. The van der Waals surface area contributed by atoms with Gasteiger partial charge in [0.15, 0.2) is 0 Å². The number of allylic oxidation sites excluding steroid dienone is 8. The summed E-state index contributed by atoms with van der Waals surface area (Å²) in [6, 6.07) is 51.7. The molecular formula is C53H49N3Se. The van der Waals surface area contributed by atoms with Crippen LogP contribution in [-0.4, -0.2) is 36.0 Å². The van der Waals surface area contributed by atoms with Crippen LogP contribution in [0.25, 0.3) is 55.0 Å². The second kappa shape index (κ2) is 17.6. The number of rotatable bonds is 5. The van der Waals surface area contributed by atoms with E-state index in [0.717, 1.165) is 0 Å². The van der Waals surface area contributed by atoms with E-state index in [4.69, 9.17) is 0 Å². The van der Waals surface area contributed by atoms with Gasteiger partial charge in [-0.3, -0.25) is 0 Å². The van der Waals surface area contributed by atoms with Crippen LogP contribution >= 0.6 is 0 Å². The van der Waals surface area contributed by atoms with Crippen LogP contribution in [0.1, 0.15) is 25.0 Å². The zero-order valence-electron chi connectivity index (χ0n) is 33.5. The van der Waals surface area contributed by atoms with Crippen LogP contribution in [0.2, 0.25) is 0 Å². The Morgan fingerprint density at radius 2 is 1.00 bits per heavy atom. The monoisotopic (exact) mass is 807 g/mol. The number of likely N-dealkylation sites (N-methyl/N-ethyl adjacent to an activating group) is 1. The molecule has 9 rings (SSSR count). The molecule has 0 amide bonds. The number of aryl methyl sites for hydroxylation is 2. The Morgan fingerprint density at radius 1 is 0.544 bits per heavy atom. The van der Waals surface area contributed by atoms with Crippen LogP contribution < -0.4 is 0 Å². The van der Waals surface area contributed by atoms with E-state index in [1.54, 1.807) is 0 Å². The number of hydrogen-bond donors (Lipinski definition) is 0. The van der Waals surface area contributed by atoms with Crippen LogP contribution in [0.15, 0.2) is 216 Å². The molecule has 0 unspecified atom stereocenters. The minimum Gasteiger partial charge on any atom is -0.309 e. The summed E-state index contributed by atoms with van der Waals surface area (Å²) >= 11 is 0.305. The van der Waals surface area contributed by atoms with Crippen molar-refractivity contribution in [3.05, 3.63) is 227 Å². The van der Waals surface area contributed by atoms with E-state index >= 15 is 0 Å². The fourth-order valence-electron chi connectivity index (χ4n) is 7.63. The van der Waals surface area contributed by atoms with Gasteiger partial charge in [-0.2, -0.15) is 0 Å². The Hall–Kier alpha value is -6.32. The van der Waals surface area contributed by atoms with Gasteiger partial charge in [0.1, 0.15) is 0 Å². The molecule has 0 spiro atoms. The zero-order valence-corrected chi connectivity index (χ0v) is 35.2. The normalized spacial score (nSPS) is 14.4. The predicted octanol–water partition coefficient (Wildman–Crippen LogP) is 13.8. The summed E-state index contributed by atoms with van der Waals surface area (Å²) in [5.41, 5.74) is 12.6. The standard InChI is InChI=1S/2C19H15N.C15H19NSe/c2*1-14-11-12-19-17(13-14)16-9-5-6-10-18(16)20(19)15-7-3-2-4-8-15;1-6-10-13-14(9-4)17-15(11-7-2)12(8-3)16(13)5/h2*2-13H,1H3;6-11H,2,4H2,1,3,5H3/b;;10-6-,12-8+,15-11+. The summed E-state index contributed by atoms with van der Waals surface area (Å²) in [4.78, 5) is 2.22. The Balaban J connectivity index is 0.000000131. The first kappa shape index (κ1) is 38.9. The van der Waals surface area contributed by atoms with Gasteiger partial charge in [-0.15, -0.1) is 0 Å². The third-order valence-electron chi connectivity index (χ3n) is 10.2. The molecule has 2 aromatic heterocycles. The minimum atomic E-state index is 0.305. The molecule has 0 N–H and O–H groups in total. The SMILES string of the molecule is C=C/C=C1/[Se]C(C=C)=C(/C=C\C)N(C)/C1=C/C.Cc1ccc2c(c1)c1ccccc1n2-c1ccccc1.Cc1ccc2c(c1)c1ccccc1n2-c1ccccc1. The van der Waals surface area contributed by atoms with Crippen molar-refractivity contribution in [2.45, 2.75) is 27.7 Å². The Morgan fingerprint density at radius 3 is 1.44 bits per heavy atom. The van der Waals surface area contributed by atoms with E-state index < -0.39 is 0 Å². The van der Waals surface area contributed by atoms with Gasteiger partial charge in [-0.25, -0.2) is 0 Å². The quantitative estimate of drug-likeness (QED) is 0.158. The maximum absolute atomic E-state index is 3.92. The second-order valence-corrected chi connectivity index (χ2v) is 16.2. The van der Waals surface area contributed by atoms with Crippen molar-refractivity contribution in [3.8, 4) is 11.4 Å². The number of nitrogens with zero attached hydrogens (tertiary/aromatic N) is 3. The zero-order chi connectivity index (χ0) is 39.9. The van der Waals surface area contributed by atoms with E-state index in [1.165, 1.54) is 86.5 Å². The molecule has 0 bridgehead atoms. The molecule has 4 heteroatoms. The second-order valence-electron chi connectivity index (χ2n) is 14.0. The first-order valence-corrected chi connectivity index (χ1v) is 21.1. The maximum Gasteiger partial charge on any atom is 0.0541 e. The molecule has 1 aliphatic rings. The van der Waals surface area contributed by atoms with Gasteiger partial charge < -0.3 is 9.13 Å². The van der Waals surface area contributed by atoms with Crippen molar-refractivity contribution in [2.75, 3.05) is 7.05 Å². The summed E-state index contributed by atoms with van der Waals surface area (Å²) in [6.07, 6.45) is 12.3. The molecule has 0 radical (unpaired) electrons. The van der Waals surface area contributed by atoms with Crippen molar-refractivity contribution < 1.29 is 0 Å². The van der Waals surface area contributed by atoms with Crippen LogP contribution in [0.4, 0.5) is 0 Å². The van der Waals surface area contributed by atoms with Crippen molar-refractivity contribution in [1.82, 2.24) is 14.0 Å². The molecule has 3 nitrogen and oxygen atoms in total. The number of para-hydroxylation sites is 4. The average molecular weight is 807 g/mol. The molecule has 0 saturated heterocycles. The van der Waals surface area contributed by atoms with Crippen molar-refractivity contribution in [2.24, 2.45) is 0 Å². The summed E-state index contributed by atoms with van der Waals surface area (Å²) in [6.45, 7) is 16.1. The predicted molar refractivity (Wildman–Crippen MR) is 249 cm³/mol. The molecule has 0 saturated carbocycles. The topological polar surface area (TPSA) is 13.1 Å². The third-order valence-corrected chi connectivity index (χ3v) is 12.6. The van der Waals surface area contributed by atoms with Crippen molar-refractivity contribution >= 4 is 58.6 Å². The minimum absolute atomic E-state index is 0.305. The Labute approximate surface area is 343 Å².